The number of halogens is 2. The van der Waals surface area contributed by atoms with Crippen molar-refractivity contribution in [2.75, 3.05) is 19.6 Å². The van der Waals surface area contributed by atoms with Gasteiger partial charge in [0.1, 0.15) is 24.6 Å². The predicted octanol–water partition coefficient (Wildman–Crippen LogP) is 3.21. The van der Waals surface area contributed by atoms with Gasteiger partial charge in [0, 0.05) is 13.0 Å². The molecule has 2 aliphatic heterocycles. The van der Waals surface area contributed by atoms with Crippen LogP contribution in [0, 0.1) is 11.7 Å². The van der Waals surface area contributed by atoms with E-state index in [1.807, 2.05) is 37.3 Å². The number of hydrogen-bond donors (Lipinski definition) is 2. The Morgan fingerprint density at radius 3 is 2.49 bits per heavy atom. The van der Waals surface area contributed by atoms with Gasteiger partial charge in [-0.25, -0.2) is 13.6 Å². The Bertz CT molecular complexity index is 1300. The first-order valence-electron chi connectivity index (χ1n) is 13.2. The van der Waals surface area contributed by atoms with Crippen LogP contribution in [-0.4, -0.2) is 65.4 Å². The van der Waals surface area contributed by atoms with Gasteiger partial charge in [0.2, 0.25) is 17.7 Å². The molecular formula is C29H32F2N4O4. The number of hydrogen-bond acceptors (Lipinski definition) is 4. The lowest BCUT2D eigenvalue weighted by Crippen LogP contribution is -2.57. The number of nitrogens with zero attached hydrogens (tertiary/aromatic N) is 2. The summed E-state index contributed by atoms with van der Waals surface area (Å²) in [6, 6.07) is 11.6. The van der Waals surface area contributed by atoms with Gasteiger partial charge in [-0.05, 0) is 41.0 Å². The summed E-state index contributed by atoms with van der Waals surface area (Å²) < 4.78 is 29.7. The van der Waals surface area contributed by atoms with E-state index in [4.69, 9.17) is 0 Å². The lowest BCUT2D eigenvalue weighted by atomic mass is 9.92. The number of likely N-dealkylation sites (tertiary alicyclic amines) is 1. The molecule has 2 aromatic rings. The normalized spacial score (nSPS) is 24.8. The van der Waals surface area contributed by atoms with Crippen LogP contribution < -0.4 is 10.6 Å². The van der Waals surface area contributed by atoms with Gasteiger partial charge >= 0.3 is 6.03 Å². The summed E-state index contributed by atoms with van der Waals surface area (Å²) in [7, 11) is 0. The molecule has 39 heavy (non-hydrogen) atoms. The van der Waals surface area contributed by atoms with Gasteiger partial charge in [-0.15, -0.1) is 0 Å². The summed E-state index contributed by atoms with van der Waals surface area (Å²) in [4.78, 5) is 52.9. The molecule has 0 radical (unpaired) electrons. The minimum Gasteiger partial charge on any atom is -0.343 e. The summed E-state index contributed by atoms with van der Waals surface area (Å²) in [5.74, 6) is -2.41. The highest BCUT2D eigenvalue weighted by Gasteiger charge is 2.43. The molecular weight excluding hydrogens is 506 g/mol. The molecule has 0 bridgehead atoms. The first-order valence-corrected chi connectivity index (χ1v) is 13.2. The maximum atomic E-state index is 15.2. The molecule has 4 atom stereocenters. The average Bonchev–Trinajstić information content (AvgIpc) is 3.52. The van der Waals surface area contributed by atoms with Crippen LogP contribution in [0.25, 0.3) is 0 Å². The van der Waals surface area contributed by atoms with E-state index in [9.17, 15) is 23.6 Å². The highest BCUT2D eigenvalue weighted by molar-refractivity contribution is 5.99. The van der Waals surface area contributed by atoms with Crippen LogP contribution in [0.2, 0.25) is 0 Å². The van der Waals surface area contributed by atoms with Gasteiger partial charge in [0.25, 0.3) is 0 Å². The minimum atomic E-state index is -1.41. The third-order valence-electron chi connectivity index (χ3n) is 8.05. The van der Waals surface area contributed by atoms with Crippen LogP contribution in [0.4, 0.5) is 13.6 Å². The number of rotatable bonds is 7. The van der Waals surface area contributed by atoms with E-state index in [1.165, 1.54) is 11.0 Å². The van der Waals surface area contributed by atoms with Crippen LogP contribution in [0.1, 0.15) is 55.8 Å². The van der Waals surface area contributed by atoms with E-state index in [2.05, 4.69) is 10.6 Å². The van der Waals surface area contributed by atoms with Gasteiger partial charge in [0.05, 0.1) is 18.5 Å². The Balaban J connectivity index is 1.35. The fourth-order valence-corrected chi connectivity index (χ4v) is 5.40. The van der Waals surface area contributed by atoms with Gasteiger partial charge in [0.15, 0.2) is 0 Å². The lowest BCUT2D eigenvalue weighted by molar-refractivity contribution is -0.139. The maximum Gasteiger partial charge on any atom is 0.324 e. The number of carbonyl (C=O) groups is 4. The third-order valence-corrected chi connectivity index (χ3v) is 8.05. The molecule has 5 amide bonds. The van der Waals surface area contributed by atoms with Crippen molar-refractivity contribution in [3.05, 3.63) is 71.0 Å². The molecule has 2 heterocycles. The number of amides is 5. The van der Waals surface area contributed by atoms with Crippen molar-refractivity contribution < 1.29 is 28.0 Å². The predicted molar refractivity (Wildman–Crippen MR) is 139 cm³/mol. The van der Waals surface area contributed by atoms with Crippen molar-refractivity contribution in [3.63, 3.8) is 0 Å². The second-order valence-corrected chi connectivity index (χ2v) is 11.1. The summed E-state index contributed by atoms with van der Waals surface area (Å²) in [6.07, 6.45) is 0.247. The Kier molecular flexibility index (Phi) is 7.13. The monoisotopic (exact) mass is 538 g/mol. The topological polar surface area (TPSA) is 98.8 Å². The number of carbonyl (C=O) groups excluding carboxylic acids is 4. The molecule has 10 heteroatoms. The molecule has 1 saturated carbocycles. The lowest BCUT2D eigenvalue weighted by Gasteiger charge is -2.32. The molecule has 3 aliphatic rings. The quantitative estimate of drug-likeness (QED) is 0.566. The molecule has 3 fully saturated rings. The molecule has 2 N–H and O–H groups in total. The van der Waals surface area contributed by atoms with Crippen molar-refractivity contribution >= 4 is 23.8 Å². The molecule has 1 unspecified atom stereocenters. The summed E-state index contributed by atoms with van der Waals surface area (Å²) in [5, 5.41) is 5.11. The Hall–Kier alpha value is -3.82. The van der Waals surface area contributed by atoms with E-state index in [-0.39, 0.29) is 37.3 Å². The zero-order valence-corrected chi connectivity index (χ0v) is 22.0. The van der Waals surface area contributed by atoms with Gasteiger partial charge in [-0.3, -0.25) is 19.7 Å². The maximum absolute atomic E-state index is 15.2. The van der Waals surface area contributed by atoms with Crippen LogP contribution in [0.15, 0.2) is 48.5 Å². The highest BCUT2D eigenvalue weighted by atomic mass is 19.1. The van der Waals surface area contributed by atoms with E-state index < -0.39 is 47.9 Å². The standard InChI is InChI=1S/C29H32F2N4O4/c1-17-14-34(28(39)33-26(17)37)16-24(36)35-15-20(30)13-23(35)27(38)32-25(18-6-4-3-5-7-18)19-8-9-21(22(31)12-19)29(2)10-11-29/h3-9,12,17,20,23,25H,10-11,13-16H2,1-2H3,(H,32,38)(H,33,37,39)/t17?,20-,23+,25-/m1/s1. The van der Waals surface area contributed by atoms with Crippen molar-refractivity contribution in [1.29, 1.82) is 0 Å². The minimum absolute atomic E-state index is 0.0524. The largest absolute Gasteiger partial charge is 0.343 e. The van der Waals surface area contributed by atoms with Gasteiger partial charge in [-0.1, -0.05) is 56.3 Å². The fraction of sp³-hybridized carbons (Fsp3) is 0.448. The molecule has 0 aromatic heterocycles. The first-order chi connectivity index (χ1) is 18.6. The SMILES string of the molecule is CC1CN(CC(=O)N2C[C@H](F)C[C@H]2C(=O)N[C@H](c2ccccc2)c2ccc(C3(C)CC3)c(F)c2)C(=O)NC1=O. The first kappa shape index (κ1) is 26.8. The summed E-state index contributed by atoms with van der Waals surface area (Å²) in [6.45, 7) is 3.04. The van der Waals surface area contributed by atoms with Crippen molar-refractivity contribution in [3.8, 4) is 0 Å². The number of urea groups is 1. The number of alkyl halides is 1. The fourth-order valence-electron chi connectivity index (χ4n) is 5.40. The second-order valence-electron chi connectivity index (χ2n) is 11.1. The van der Waals surface area contributed by atoms with Crippen molar-refractivity contribution in [2.45, 2.75) is 56.8 Å². The zero-order valence-electron chi connectivity index (χ0n) is 22.0. The third kappa shape index (κ3) is 5.51. The molecule has 0 spiro atoms. The molecule has 2 saturated heterocycles. The summed E-state index contributed by atoms with van der Waals surface area (Å²) >= 11 is 0. The molecule has 206 valence electrons. The molecule has 1 aliphatic carbocycles. The average molecular weight is 539 g/mol. The van der Waals surface area contributed by atoms with Gasteiger partial charge in [-0.2, -0.15) is 0 Å². The van der Waals surface area contributed by atoms with Crippen molar-refractivity contribution in [2.24, 2.45) is 5.92 Å². The Labute approximate surface area is 225 Å². The molecule has 2 aromatic carbocycles. The molecule has 5 rings (SSSR count). The van der Waals surface area contributed by atoms with Crippen LogP contribution in [0.3, 0.4) is 0 Å². The number of imide groups is 1. The number of benzene rings is 2. The van der Waals surface area contributed by atoms with Gasteiger partial charge < -0.3 is 15.1 Å². The number of nitrogens with one attached hydrogen (secondary N) is 2. The van der Waals surface area contributed by atoms with E-state index in [0.29, 0.717) is 16.7 Å². The second kappa shape index (κ2) is 10.4. The zero-order chi connectivity index (χ0) is 27.9. The smallest absolute Gasteiger partial charge is 0.324 e. The van der Waals surface area contributed by atoms with Crippen LogP contribution in [-0.2, 0) is 19.8 Å². The molecule has 8 nitrogen and oxygen atoms in total. The van der Waals surface area contributed by atoms with Crippen LogP contribution >= 0.6 is 0 Å². The highest BCUT2D eigenvalue weighted by Crippen LogP contribution is 2.48. The van der Waals surface area contributed by atoms with E-state index >= 15 is 4.39 Å². The Morgan fingerprint density at radius 1 is 1.10 bits per heavy atom. The Morgan fingerprint density at radius 2 is 1.82 bits per heavy atom. The van der Waals surface area contributed by atoms with E-state index in [1.54, 1.807) is 19.1 Å². The summed E-state index contributed by atoms with van der Waals surface area (Å²) in [5.41, 5.74) is 1.74. The van der Waals surface area contributed by atoms with Crippen molar-refractivity contribution in [1.82, 2.24) is 20.4 Å². The van der Waals surface area contributed by atoms with E-state index in [0.717, 1.165) is 17.7 Å². The van der Waals surface area contributed by atoms with Crippen LogP contribution in [0.5, 0.6) is 0 Å².